The molecule has 146 valence electrons. The van der Waals surface area contributed by atoms with Gasteiger partial charge in [0, 0.05) is 18.8 Å². The van der Waals surface area contributed by atoms with Crippen LogP contribution in [0.25, 0.3) is 0 Å². The molecule has 1 fully saturated rings. The Morgan fingerprint density at radius 2 is 1.92 bits per heavy atom. The van der Waals surface area contributed by atoms with E-state index in [0.29, 0.717) is 30.7 Å². The molecule has 6 heteroatoms. The highest BCUT2D eigenvalue weighted by Crippen LogP contribution is 2.44. The number of Topliss-reactive ketones (excluding diaryl/α,β-unsaturated/α-hetero) is 1. The van der Waals surface area contributed by atoms with Crippen molar-refractivity contribution in [2.75, 3.05) is 26.8 Å². The fourth-order valence-corrected chi connectivity index (χ4v) is 3.97. The number of rotatable bonds is 7. The Bertz CT molecular complexity index is 601. The molecule has 0 bridgehead atoms. The average molecular weight is 364 g/mol. The fraction of sp³-hybridized carbons (Fsp3) is 0.750. The van der Waals surface area contributed by atoms with Gasteiger partial charge in [0.15, 0.2) is 5.78 Å². The van der Waals surface area contributed by atoms with Gasteiger partial charge in [-0.05, 0) is 38.0 Å². The predicted octanol–water partition coefficient (Wildman–Crippen LogP) is 3.32. The molecule has 0 radical (unpaired) electrons. The Morgan fingerprint density at radius 1 is 1.27 bits per heavy atom. The summed E-state index contributed by atoms with van der Waals surface area (Å²) in [6.45, 7) is 10.2. The van der Waals surface area contributed by atoms with E-state index in [1.54, 1.807) is 0 Å². The molecule has 2 aliphatic rings. The lowest BCUT2D eigenvalue weighted by atomic mass is 9.66. The number of nitrogens with zero attached hydrogens (tertiary/aromatic N) is 2. The third-order valence-electron chi connectivity index (χ3n) is 5.21. The normalized spacial score (nSPS) is 23.4. The molecule has 0 amide bonds. The minimum Gasteiger partial charge on any atom is -0.468 e. The van der Waals surface area contributed by atoms with Gasteiger partial charge in [-0.3, -0.25) is 9.59 Å². The second-order valence-electron chi connectivity index (χ2n) is 7.71. The lowest BCUT2D eigenvalue weighted by Crippen LogP contribution is -2.46. The van der Waals surface area contributed by atoms with Crippen LogP contribution in [0.5, 0.6) is 0 Å². The molecule has 2 rings (SSSR count). The second kappa shape index (κ2) is 8.69. The Balaban J connectivity index is 2.59. The first-order chi connectivity index (χ1) is 12.4. The Labute approximate surface area is 156 Å². The van der Waals surface area contributed by atoms with Crippen LogP contribution in [0.2, 0.25) is 0 Å². The van der Waals surface area contributed by atoms with Crippen LogP contribution in [0.1, 0.15) is 59.8 Å². The van der Waals surface area contributed by atoms with E-state index < -0.39 is 17.3 Å². The molecule has 1 saturated heterocycles. The Kier molecular flexibility index (Phi) is 6.84. The summed E-state index contributed by atoms with van der Waals surface area (Å²) in [7, 11) is 1.34. The molecule has 0 unspecified atom stereocenters. The van der Waals surface area contributed by atoms with Gasteiger partial charge in [0.25, 0.3) is 0 Å². The highest BCUT2D eigenvalue weighted by molar-refractivity contribution is 6.27. The Hall–Kier alpha value is -1.85. The number of ketones is 1. The molecule has 0 aromatic heterocycles. The van der Waals surface area contributed by atoms with E-state index in [4.69, 9.17) is 9.57 Å². The number of methoxy groups -OCH3 is 1. The van der Waals surface area contributed by atoms with Crippen LogP contribution in [0, 0.1) is 11.3 Å². The first-order valence-corrected chi connectivity index (χ1v) is 9.66. The van der Waals surface area contributed by atoms with E-state index in [2.05, 4.69) is 10.1 Å². The summed E-state index contributed by atoms with van der Waals surface area (Å²) in [6, 6.07) is 0. The van der Waals surface area contributed by atoms with Gasteiger partial charge in [-0.25, -0.2) is 0 Å². The molecule has 6 nitrogen and oxygen atoms in total. The van der Waals surface area contributed by atoms with Crippen molar-refractivity contribution in [2.24, 2.45) is 16.5 Å². The third kappa shape index (κ3) is 4.10. The molecule has 0 aromatic carbocycles. The summed E-state index contributed by atoms with van der Waals surface area (Å²) in [5.41, 5.74) is 1.77. The second-order valence-corrected chi connectivity index (χ2v) is 7.71. The zero-order valence-corrected chi connectivity index (χ0v) is 16.8. The van der Waals surface area contributed by atoms with Crippen LogP contribution < -0.4 is 0 Å². The van der Waals surface area contributed by atoms with Gasteiger partial charge in [-0.1, -0.05) is 32.3 Å². The van der Waals surface area contributed by atoms with E-state index in [1.165, 1.54) is 7.11 Å². The molecule has 26 heavy (non-hydrogen) atoms. The van der Waals surface area contributed by atoms with Gasteiger partial charge < -0.3 is 14.5 Å². The molecular weight excluding hydrogens is 332 g/mol. The number of allylic oxidation sites excluding steroid dienone is 2. The first-order valence-electron chi connectivity index (χ1n) is 9.66. The molecule has 1 heterocycles. The van der Waals surface area contributed by atoms with Gasteiger partial charge in [-0.2, -0.15) is 0 Å². The van der Waals surface area contributed by atoms with Crippen LogP contribution in [0.4, 0.5) is 0 Å². The third-order valence-corrected chi connectivity index (χ3v) is 5.21. The summed E-state index contributed by atoms with van der Waals surface area (Å²) in [5.74, 6) is -1.45. The van der Waals surface area contributed by atoms with Crippen molar-refractivity contribution < 1.29 is 19.2 Å². The van der Waals surface area contributed by atoms with E-state index >= 15 is 0 Å². The highest BCUT2D eigenvalue weighted by atomic mass is 16.6. The predicted molar refractivity (Wildman–Crippen MR) is 101 cm³/mol. The molecule has 0 spiro atoms. The summed E-state index contributed by atoms with van der Waals surface area (Å²) >= 11 is 0. The van der Waals surface area contributed by atoms with Gasteiger partial charge >= 0.3 is 5.97 Å². The van der Waals surface area contributed by atoms with Crippen molar-refractivity contribution in [1.82, 2.24) is 4.90 Å². The van der Waals surface area contributed by atoms with Crippen molar-refractivity contribution in [3.05, 3.63) is 11.3 Å². The van der Waals surface area contributed by atoms with Gasteiger partial charge in [0.2, 0.25) is 0 Å². The smallest absolute Gasteiger partial charge is 0.317 e. The molecule has 0 aromatic rings. The van der Waals surface area contributed by atoms with Crippen molar-refractivity contribution >= 4 is 17.5 Å². The number of ether oxygens (including phenoxy) is 1. The summed E-state index contributed by atoms with van der Waals surface area (Å²) in [5, 5.41) is 4.25. The maximum absolute atomic E-state index is 13.5. The van der Waals surface area contributed by atoms with Crippen molar-refractivity contribution in [2.45, 2.75) is 59.8 Å². The maximum atomic E-state index is 13.5. The van der Waals surface area contributed by atoms with E-state index in [9.17, 15) is 9.59 Å². The van der Waals surface area contributed by atoms with E-state index in [1.807, 2.05) is 27.7 Å². The molecule has 1 aliphatic carbocycles. The number of carbonyl (C=O) groups is 2. The maximum Gasteiger partial charge on any atom is 0.317 e. The minimum absolute atomic E-state index is 0.179. The standard InChI is InChI=1S/C20H32N2O4/c1-6-10-14(21-26-7-2)16-15(22-11-8-9-12-22)13-20(3,4)17(18(16)23)19(24)25-5/h17H,6-13H2,1-5H3/b21-14-/t17-/m0/s1. The van der Waals surface area contributed by atoms with Crippen molar-refractivity contribution in [3.8, 4) is 0 Å². The molecular formula is C20H32N2O4. The van der Waals surface area contributed by atoms with Crippen LogP contribution >= 0.6 is 0 Å². The van der Waals surface area contributed by atoms with Crippen molar-refractivity contribution in [3.63, 3.8) is 0 Å². The van der Waals surface area contributed by atoms with Gasteiger partial charge in [0.05, 0.1) is 18.4 Å². The summed E-state index contributed by atoms with van der Waals surface area (Å²) in [4.78, 5) is 33.5. The lowest BCUT2D eigenvalue weighted by Gasteiger charge is -2.41. The average Bonchev–Trinajstić information content (AvgIpc) is 3.12. The van der Waals surface area contributed by atoms with E-state index in [0.717, 1.165) is 38.0 Å². The minimum atomic E-state index is -0.808. The number of carbonyl (C=O) groups excluding carboxylic acids is 2. The number of esters is 1. The van der Waals surface area contributed by atoms with E-state index in [-0.39, 0.29) is 5.78 Å². The fourth-order valence-electron chi connectivity index (χ4n) is 3.97. The van der Waals surface area contributed by atoms with Gasteiger partial charge in [-0.15, -0.1) is 0 Å². The molecule has 0 saturated carbocycles. The molecule has 1 aliphatic heterocycles. The topological polar surface area (TPSA) is 68.2 Å². The summed E-state index contributed by atoms with van der Waals surface area (Å²) in [6.07, 6.45) is 4.40. The number of likely N-dealkylation sites (tertiary alicyclic amines) is 1. The zero-order valence-electron chi connectivity index (χ0n) is 16.8. The number of hydrogen-bond acceptors (Lipinski definition) is 6. The van der Waals surface area contributed by atoms with Crippen LogP contribution in [0.15, 0.2) is 16.4 Å². The number of oxime groups is 1. The van der Waals surface area contributed by atoms with Crippen LogP contribution in [0.3, 0.4) is 0 Å². The molecule has 0 N–H and O–H groups in total. The zero-order chi connectivity index (χ0) is 19.3. The summed E-state index contributed by atoms with van der Waals surface area (Å²) < 4.78 is 4.96. The van der Waals surface area contributed by atoms with Crippen molar-refractivity contribution in [1.29, 1.82) is 0 Å². The van der Waals surface area contributed by atoms with Crippen LogP contribution in [-0.4, -0.2) is 49.2 Å². The number of hydrogen-bond donors (Lipinski definition) is 0. The lowest BCUT2D eigenvalue weighted by molar-refractivity contribution is -0.153. The first kappa shape index (κ1) is 20.5. The SMILES string of the molecule is CCC/C(=N/OCC)C1=C(N2CCCC2)CC(C)(C)[C@H](C(=O)OC)C1=O. The molecule has 1 atom stereocenters. The monoisotopic (exact) mass is 364 g/mol. The Morgan fingerprint density at radius 3 is 2.46 bits per heavy atom. The van der Waals surface area contributed by atoms with Crippen LogP contribution in [-0.2, 0) is 19.2 Å². The largest absolute Gasteiger partial charge is 0.468 e. The van der Waals surface area contributed by atoms with Gasteiger partial charge in [0.1, 0.15) is 12.5 Å². The highest BCUT2D eigenvalue weighted by Gasteiger charge is 2.49. The quantitative estimate of drug-likeness (QED) is 0.300.